The smallest absolute Gasteiger partial charge is 0.0158 e. The summed E-state index contributed by atoms with van der Waals surface area (Å²) in [6.45, 7) is 2.40. The van der Waals surface area contributed by atoms with Gasteiger partial charge in [0.2, 0.25) is 0 Å². The lowest BCUT2D eigenvalue weighted by molar-refractivity contribution is 0.377. The van der Waals surface area contributed by atoms with Crippen LogP contribution < -0.4 is 5.32 Å². The monoisotopic (exact) mass is 239 g/mol. The Hall–Kier alpha value is -1.34. The topological polar surface area (TPSA) is 12.0 Å². The molecule has 18 heavy (non-hydrogen) atoms. The van der Waals surface area contributed by atoms with Crippen LogP contribution in [0.15, 0.2) is 42.5 Å². The molecular formula is C17H21N. The second-order valence-corrected chi connectivity index (χ2v) is 5.84. The van der Waals surface area contributed by atoms with Gasteiger partial charge >= 0.3 is 0 Å². The minimum Gasteiger partial charge on any atom is -0.316 e. The summed E-state index contributed by atoms with van der Waals surface area (Å²) < 4.78 is 0. The van der Waals surface area contributed by atoms with Crippen molar-refractivity contribution >= 4 is 10.8 Å². The van der Waals surface area contributed by atoms with Crippen molar-refractivity contribution in [3.05, 3.63) is 48.0 Å². The highest BCUT2D eigenvalue weighted by Crippen LogP contribution is 2.49. The molecule has 0 aliphatic heterocycles. The Morgan fingerprint density at radius 1 is 1.11 bits per heavy atom. The fourth-order valence-electron chi connectivity index (χ4n) is 2.93. The molecule has 0 aromatic heterocycles. The van der Waals surface area contributed by atoms with Gasteiger partial charge in [-0.25, -0.2) is 0 Å². The molecule has 1 heteroatoms. The van der Waals surface area contributed by atoms with Crippen LogP contribution in [0.1, 0.15) is 25.3 Å². The second kappa shape index (κ2) is 4.40. The highest BCUT2D eigenvalue weighted by atomic mass is 14.9. The van der Waals surface area contributed by atoms with E-state index in [9.17, 15) is 0 Å². The van der Waals surface area contributed by atoms with Crippen molar-refractivity contribution in [3.63, 3.8) is 0 Å². The highest BCUT2D eigenvalue weighted by Gasteiger charge is 2.43. The molecule has 3 rings (SSSR count). The van der Waals surface area contributed by atoms with E-state index in [2.05, 4.69) is 61.8 Å². The van der Waals surface area contributed by atoms with Crippen molar-refractivity contribution in [1.29, 1.82) is 0 Å². The van der Waals surface area contributed by atoms with Crippen molar-refractivity contribution in [3.8, 4) is 0 Å². The largest absolute Gasteiger partial charge is 0.316 e. The van der Waals surface area contributed by atoms with Crippen LogP contribution in [0.25, 0.3) is 10.8 Å². The fourth-order valence-corrected chi connectivity index (χ4v) is 2.93. The third kappa shape index (κ3) is 2.04. The lowest BCUT2D eigenvalue weighted by Gasteiger charge is -2.23. The van der Waals surface area contributed by atoms with Gasteiger partial charge in [-0.2, -0.15) is 0 Å². The Morgan fingerprint density at radius 2 is 1.83 bits per heavy atom. The molecule has 0 amide bonds. The van der Waals surface area contributed by atoms with Crippen LogP contribution in [0.3, 0.4) is 0 Å². The Bertz CT molecular complexity index is 549. The maximum absolute atomic E-state index is 3.52. The minimum absolute atomic E-state index is 0.520. The number of hydrogen-bond acceptors (Lipinski definition) is 1. The molecule has 2 aromatic rings. The Morgan fingerprint density at radius 3 is 2.56 bits per heavy atom. The summed E-state index contributed by atoms with van der Waals surface area (Å²) in [6.07, 6.45) is 3.86. The molecule has 0 saturated heterocycles. The molecule has 1 aliphatic rings. The van der Waals surface area contributed by atoms with Crippen molar-refractivity contribution < 1.29 is 0 Å². The second-order valence-electron chi connectivity index (χ2n) is 5.84. The minimum atomic E-state index is 0.520. The molecule has 1 unspecified atom stereocenters. The lowest BCUT2D eigenvalue weighted by atomic mass is 9.90. The summed E-state index contributed by atoms with van der Waals surface area (Å²) in [4.78, 5) is 0. The number of rotatable bonds is 4. The van der Waals surface area contributed by atoms with E-state index in [1.807, 2.05) is 0 Å². The van der Waals surface area contributed by atoms with Crippen molar-refractivity contribution in [1.82, 2.24) is 5.32 Å². The summed E-state index contributed by atoms with van der Waals surface area (Å²) >= 11 is 0. The Kier molecular flexibility index (Phi) is 2.87. The van der Waals surface area contributed by atoms with Crippen LogP contribution in [0.5, 0.6) is 0 Å². The lowest BCUT2D eigenvalue weighted by Crippen LogP contribution is -2.35. The van der Waals surface area contributed by atoms with Crippen LogP contribution in [-0.4, -0.2) is 13.1 Å². The molecule has 2 aromatic carbocycles. The van der Waals surface area contributed by atoms with Crippen LogP contribution >= 0.6 is 0 Å². The first-order valence-corrected chi connectivity index (χ1v) is 6.87. The van der Waals surface area contributed by atoms with Crippen molar-refractivity contribution in [2.45, 2.75) is 32.2 Å². The van der Waals surface area contributed by atoms with Gasteiger partial charge < -0.3 is 5.32 Å². The molecule has 0 heterocycles. The zero-order chi connectivity index (χ0) is 12.6. The van der Waals surface area contributed by atoms with Crippen molar-refractivity contribution in [2.24, 2.45) is 5.41 Å². The van der Waals surface area contributed by atoms with Gasteiger partial charge in [0.15, 0.2) is 0 Å². The Labute approximate surface area is 109 Å². The van der Waals surface area contributed by atoms with Gasteiger partial charge in [0.25, 0.3) is 0 Å². The van der Waals surface area contributed by atoms with E-state index in [-0.39, 0.29) is 0 Å². The predicted octanol–water partition coefficient (Wildman–Crippen LogP) is 3.77. The molecule has 1 aliphatic carbocycles. The van der Waals surface area contributed by atoms with Gasteiger partial charge in [-0.15, -0.1) is 0 Å². The number of nitrogens with one attached hydrogen (secondary N) is 1. The summed E-state index contributed by atoms with van der Waals surface area (Å²) in [5, 5.41) is 6.28. The van der Waals surface area contributed by atoms with Gasteiger partial charge in [0, 0.05) is 6.04 Å². The van der Waals surface area contributed by atoms with Crippen LogP contribution in [0.4, 0.5) is 0 Å². The van der Waals surface area contributed by atoms with Gasteiger partial charge in [-0.05, 0) is 48.1 Å². The highest BCUT2D eigenvalue weighted by molar-refractivity contribution is 5.85. The molecule has 0 radical (unpaired) electrons. The SMILES string of the molecule is CNC(Cc1cccc2ccccc12)C1(C)CC1. The third-order valence-electron chi connectivity index (χ3n) is 4.53. The zero-order valence-electron chi connectivity index (χ0n) is 11.2. The van der Waals surface area contributed by atoms with Crippen molar-refractivity contribution in [2.75, 3.05) is 7.05 Å². The van der Waals surface area contributed by atoms with E-state index in [0.717, 1.165) is 6.42 Å². The average Bonchev–Trinajstić information content (AvgIpc) is 3.15. The molecule has 0 bridgehead atoms. The zero-order valence-corrected chi connectivity index (χ0v) is 11.2. The molecule has 1 fully saturated rings. The molecular weight excluding hydrogens is 218 g/mol. The third-order valence-corrected chi connectivity index (χ3v) is 4.53. The fraction of sp³-hybridized carbons (Fsp3) is 0.412. The van der Waals surface area contributed by atoms with Gasteiger partial charge in [0.1, 0.15) is 0 Å². The maximum atomic E-state index is 3.52. The summed E-state index contributed by atoms with van der Waals surface area (Å²) in [5.74, 6) is 0. The van der Waals surface area contributed by atoms with Crippen LogP contribution in [0, 0.1) is 5.41 Å². The molecule has 1 N–H and O–H groups in total. The van der Waals surface area contributed by atoms with Gasteiger partial charge in [-0.3, -0.25) is 0 Å². The molecule has 1 atom stereocenters. The standard InChI is InChI=1S/C17H21N/c1-17(10-11-17)16(18-2)12-14-8-5-7-13-6-3-4-9-15(13)14/h3-9,16,18H,10-12H2,1-2H3. The summed E-state index contributed by atoms with van der Waals surface area (Å²) in [6, 6.07) is 16.0. The molecule has 0 spiro atoms. The molecule has 1 saturated carbocycles. The van der Waals surface area contributed by atoms with E-state index in [0.29, 0.717) is 11.5 Å². The van der Waals surface area contributed by atoms with E-state index >= 15 is 0 Å². The quantitative estimate of drug-likeness (QED) is 0.856. The van der Waals surface area contributed by atoms with Crippen LogP contribution in [0.2, 0.25) is 0 Å². The molecule has 94 valence electrons. The van der Waals surface area contributed by atoms with E-state index in [4.69, 9.17) is 0 Å². The summed E-state index contributed by atoms with van der Waals surface area (Å²) in [5.41, 5.74) is 1.99. The van der Waals surface area contributed by atoms with Gasteiger partial charge in [-0.1, -0.05) is 49.4 Å². The number of likely N-dealkylation sites (N-methyl/N-ethyl adjacent to an activating group) is 1. The summed E-state index contributed by atoms with van der Waals surface area (Å²) in [7, 11) is 2.10. The van der Waals surface area contributed by atoms with Crippen LogP contribution in [-0.2, 0) is 6.42 Å². The maximum Gasteiger partial charge on any atom is 0.0158 e. The molecule has 1 nitrogen and oxygen atoms in total. The normalized spacial score (nSPS) is 18.8. The van der Waals surface area contributed by atoms with E-state index in [1.54, 1.807) is 0 Å². The van der Waals surface area contributed by atoms with E-state index in [1.165, 1.54) is 29.2 Å². The Balaban J connectivity index is 1.94. The number of benzene rings is 2. The average molecular weight is 239 g/mol. The number of hydrogen-bond donors (Lipinski definition) is 1. The number of fused-ring (bicyclic) bond motifs is 1. The van der Waals surface area contributed by atoms with Gasteiger partial charge in [0.05, 0.1) is 0 Å². The van der Waals surface area contributed by atoms with E-state index < -0.39 is 0 Å². The predicted molar refractivity (Wildman–Crippen MR) is 77.8 cm³/mol. The first-order valence-electron chi connectivity index (χ1n) is 6.87. The first kappa shape index (κ1) is 11.7. The first-order chi connectivity index (χ1) is 8.73.